The third-order valence-electron chi connectivity index (χ3n) is 4.06. The molecule has 0 aliphatic carbocycles. The Balaban J connectivity index is 1.75. The molecule has 0 unspecified atom stereocenters. The number of piperazine rings is 1. The fraction of sp³-hybridized carbons (Fsp3) is 0.333. The molecule has 2 aromatic rings. The van der Waals surface area contributed by atoms with Gasteiger partial charge in [0, 0.05) is 38.8 Å². The molecule has 0 spiro atoms. The number of hydrogen-bond donors (Lipinski definition) is 2. The van der Waals surface area contributed by atoms with Crippen molar-refractivity contribution in [3.05, 3.63) is 42.1 Å². The normalized spacial score (nSPS) is 16.3. The lowest BCUT2D eigenvalue weighted by molar-refractivity contribution is 0.0698. The molecule has 1 aromatic heterocycles. The zero-order valence-electron chi connectivity index (χ0n) is 13.3. The number of nitrogens with zero attached hydrogens (tertiary/aromatic N) is 3. The molecule has 3 rings (SSSR count). The Kier molecular flexibility index (Phi) is 4.65. The zero-order chi connectivity index (χ0) is 17.2. The van der Waals surface area contributed by atoms with Gasteiger partial charge < -0.3 is 4.90 Å². The van der Waals surface area contributed by atoms with Gasteiger partial charge in [-0.2, -0.15) is 17.8 Å². The number of aromatic amines is 1. The molecule has 2 N–H and O–H groups in total. The predicted octanol–water partition coefficient (Wildman–Crippen LogP) is 0.299. The fourth-order valence-electron chi connectivity index (χ4n) is 2.70. The molecule has 0 bridgehead atoms. The van der Waals surface area contributed by atoms with Crippen LogP contribution in [0.5, 0.6) is 0 Å². The van der Waals surface area contributed by atoms with E-state index >= 15 is 0 Å². The Hall–Kier alpha value is -2.23. The number of hydrogen-bond acceptors (Lipinski definition) is 4. The monoisotopic (exact) mass is 349 g/mol. The zero-order valence-corrected chi connectivity index (χ0v) is 14.1. The summed E-state index contributed by atoms with van der Waals surface area (Å²) in [5.74, 6) is -0.149. The Bertz CT molecular complexity index is 811. The van der Waals surface area contributed by atoms with Gasteiger partial charge in [-0.05, 0) is 0 Å². The van der Waals surface area contributed by atoms with E-state index < -0.39 is 10.2 Å². The number of H-pyrrole nitrogens is 1. The van der Waals surface area contributed by atoms with E-state index in [1.54, 1.807) is 4.90 Å². The van der Waals surface area contributed by atoms with Gasteiger partial charge >= 0.3 is 0 Å². The first-order valence-electron chi connectivity index (χ1n) is 7.59. The van der Waals surface area contributed by atoms with Crippen LogP contribution in [0.15, 0.2) is 36.5 Å². The lowest BCUT2D eigenvalue weighted by Crippen LogP contribution is -2.52. The highest BCUT2D eigenvalue weighted by atomic mass is 32.2. The van der Waals surface area contributed by atoms with E-state index in [1.807, 2.05) is 30.3 Å². The van der Waals surface area contributed by atoms with Crippen LogP contribution in [-0.4, -0.2) is 67.0 Å². The summed E-state index contributed by atoms with van der Waals surface area (Å²) < 4.78 is 27.2. The molecule has 9 heteroatoms. The van der Waals surface area contributed by atoms with Gasteiger partial charge in [-0.1, -0.05) is 30.3 Å². The lowest BCUT2D eigenvalue weighted by atomic mass is 10.1. The Labute approximate surface area is 140 Å². The second-order valence-electron chi connectivity index (χ2n) is 5.43. The largest absolute Gasteiger partial charge is 0.336 e. The molecular formula is C15H19N5O3S. The van der Waals surface area contributed by atoms with E-state index in [9.17, 15) is 13.2 Å². The molecular weight excluding hydrogens is 330 g/mol. The maximum Gasteiger partial charge on any atom is 0.279 e. The van der Waals surface area contributed by atoms with Crippen molar-refractivity contribution in [2.24, 2.45) is 0 Å². The summed E-state index contributed by atoms with van der Waals surface area (Å²) in [5, 5.41) is 6.86. The van der Waals surface area contributed by atoms with Crippen LogP contribution in [0.1, 0.15) is 10.4 Å². The summed E-state index contributed by atoms with van der Waals surface area (Å²) >= 11 is 0. The summed E-state index contributed by atoms with van der Waals surface area (Å²) in [4.78, 5) is 14.4. The second-order valence-corrected chi connectivity index (χ2v) is 7.30. The number of aromatic nitrogens is 2. The van der Waals surface area contributed by atoms with Crippen molar-refractivity contribution >= 4 is 16.1 Å². The van der Waals surface area contributed by atoms with Gasteiger partial charge in [0.1, 0.15) is 0 Å². The SMILES string of the molecule is CNS(=O)(=O)N1CCN(C(=O)c2cn[nH]c2-c2ccccc2)CC1. The van der Waals surface area contributed by atoms with E-state index in [2.05, 4.69) is 14.9 Å². The van der Waals surface area contributed by atoms with Crippen molar-refractivity contribution in [3.8, 4) is 11.3 Å². The van der Waals surface area contributed by atoms with Crippen LogP contribution < -0.4 is 4.72 Å². The molecule has 0 atom stereocenters. The van der Waals surface area contributed by atoms with Gasteiger partial charge in [-0.25, -0.2) is 4.72 Å². The molecule has 8 nitrogen and oxygen atoms in total. The van der Waals surface area contributed by atoms with Crippen LogP contribution in [-0.2, 0) is 10.2 Å². The smallest absolute Gasteiger partial charge is 0.279 e. The molecule has 24 heavy (non-hydrogen) atoms. The lowest BCUT2D eigenvalue weighted by Gasteiger charge is -2.33. The number of benzene rings is 1. The summed E-state index contributed by atoms with van der Waals surface area (Å²) in [7, 11) is -2.07. The highest BCUT2D eigenvalue weighted by Crippen LogP contribution is 2.22. The van der Waals surface area contributed by atoms with Crippen molar-refractivity contribution < 1.29 is 13.2 Å². The summed E-state index contributed by atoms with van der Waals surface area (Å²) in [5.41, 5.74) is 2.05. The maximum absolute atomic E-state index is 12.8. The van der Waals surface area contributed by atoms with Gasteiger partial charge in [0.15, 0.2) is 0 Å². The molecule has 1 aromatic carbocycles. The van der Waals surface area contributed by atoms with Gasteiger partial charge in [0.05, 0.1) is 17.5 Å². The molecule has 0 saturated carbocycles. The van der Waals surface area contributed by atoms with Crippen LogP contribution in [0.4, 0.5) is 0 Å². The minimum atomic E-state index is -3.45. The Morgan fingerprint density at radius 3 is 2.46 bits per heavy atom. The van der Waals surface area contributed by atoms with Gasteiger partial charge in [-0.15, -0.1) is 0 Å². The molecule has 0 radical (unpaired) electrons. The van der Waals surface area contributed by atoms with E-state index in [-0.39, 0.29) is 19.0 Å². The highest BCUT2D eigenvalue weighted by molar-refractivity contribution is 7.87. The third-order valence-corrected chi connectivity index (χ3v) is 5.62. The van der Waals surface area contributed by atoms with Gasteiger partial charge in [0.2, 0.25) is 0 Å². The second kappa shape index (κ2) is 6.71. The number of amides is 1. The van der Waals surface area contributed by atoms with Crippen LogP contribution in [0.3, 0.4) is 0 Å². The average Bonchev–Trinajstić information content (AvgIpc) is 3.11. The molecule has 2 heterocycles. The van der Waals surface area contributed by atoms with Crippen molar-refractivity contribution in [2.75, 3.05) is 33.2 Å². The first kappa shape index (κ1) is 16.6. The predicted molar refractivity (Wildman–Crippen MR) is 89.5 cm³/mol. The molecule has 1 saturated heterocycles. The van der Waals surface area contributed by atoms with E-state index in [0.717, 1.165) is 5.56 Å². The number of carbonyl (C=O) groups is 1. The minimum Gasteiger partial charge on any atom is -0.336 e. The topological polar surface area (TPSA) is 98.4 Å². The summed E-state index contributed by atoms with van der Waals surface area (Å²) in [6, 6.07) is 9.50. The Morgan fingerprint density at radius 2 is 1.83 bits per heavy atom. The number of rotatable bonds is 4. The Morgan fingerprint density at radius 1 is 1.17 bits per heavy atom. The molecule has 1 fully saturated rings. The van der Waals surface area contributed by atoms with Crippen LogP contribution in [0.25, 0.3) is 11.3 Å². The van der Waals surface area contributed by atoms with Gasteiger partial charge in [0.25, 0.3) is 16.1 Å². The first-order chi connectivity index (χ1) is 11.5. The molecule has 1 amide bonds. The number of carbonyl (C=O) groups excluding carboxylic acids is 1. The van der Waals surface area contributed by atoms with E-state index in [1.165, 1.54) is 17.5 Å². The van der Waals surface area contributed by atoms with Crippen LogP contribution in [0.2, 0.25) is 0 Å². The van der Waals surface area contributed by atoms with E-state index in [4.69, 9.17) is 0 Å². The van der Waals surface area contributed by atoms with Crippen molar-refractivity contribution in [1.82, 2.24) is 24.1 Å². The number of nitrogens with one attached hydrogen (secondary N) is 2. The summed E-state index contributed by atoms with van der Waals surface area (Å²) in [6.07, 6.45) is 1.52. The average molecular weight is 349 g/mol. The fourth-order valence-corrected chi connectivity index (χ4v) is 3.61. The van der Waals surface area contributed by atoms with Crippen molar-refractivity contribution in [2.45, 2.75) is 0 Å². The van der Waals surface area contributed by atoms with Crippen LogP contribution >= 0.6 is 0 Å². The van der Waals surface area contributed by atoms with Crippen LogP contribution in [0, 0.1) is 0 Å². The van der Waals surface area contributed by atoms with E-state index in [0.29, 0.717) is 24.3 Å². The van der Waals surface area contributed by atoms with Crippen molar-refractivity contribution in [3.63, 3.8) is 0 Å². The highest BCUT2D eigenvalue weighted by Gasteiger charge is 2.29. The summed E-state index contributed by atoms with van der Waals surface area (Å²) in [6.45, 7) is 1.24. The third kappa shape index (κ3) is 3.18. The first-order valence-corrected chi connectivity index (χ1v) is 9.03. The molecule has 1 aliphatic heterocycles. The van der Waals surface area contributed by atoms with Gasteiger partial charge in [-0.3, -0.25) is 9.89 Å². The van der Waals surface area contributed by atoms with Crippen molar-refractivity contribution in [1.29, 1.82) is 0 Å². The quantitative estimate of drug-likeness (QED) is 0.829. The maximum atomic E-state index is 12.8. The standard InChI is InChI=1S/C15H19N5O3S/c1-16-24(22,23)20-9-7-19(8-10-20)15(21)13-11-17-18-14(13)12-5-3-2-4-6-12/h2-6,11,16H,7-10H2,1H3,(H,17,18). The molecule has 1 aliphatic rings. The molecule has 128 valence electrons. The minimum absolute atomic E-state index is 0.149.